The van der Waals surface area contributed by atoms with E-state index >= 15 is 0 Å². The van der Waals surface area contributed by atoms with Gasteiger partial charge in [0.1, 0.15) is 6.23 Å². The molecule has 0 amide bonds. The molecule has 1 aromatic carbocycles. The van der Waals surface area contributed by atoms with Gasteiger partial charge in [-0.05, 0) is 39.7 Å². The largest absolute Gasteiger partial charge is 0.374 e. The van der Waals surface area contributed by atoms with Crippen LogP contribution in [0, 0.1) is 13.8 Å². The molecular weight excluding hydrogens is 254 g/mol. The van der Waals surface area contributed by atoms with Gasteiger partial charge >= 0.3 is 0 Å². The molecule has 1 aliphatic rings. The average molecular weight is 277 g/mol. The van der Waals surface area contributed by atoms with E-state index in [0.29, 0.717) is 5.25 Å². The number of aliphatic hydroxyl groups is 1. The number of thioether (sulfide) groups is 1. The van der Waals surface area contributed by atoms with Crippen molar-refractivity contribution in [1.29, 1.82) is 0 Å². The molecular formula is C16H23NOS. The molecule has 1 aromatic rings. The van der Waals surface area contributed by atoms with E-state index in [1.807, 2.05) is 13.8 Å². The molecule has 104 valence electrons. The number of allylic oxidation sites excluding steroid dienone is 1. The Kier molecular flexibility index (Phi) is 4.71. The molecule has 1 aliphatic heterocycles. The van der Waals surface area contributed by atoms with Gasteiger partial charge in [0.2, 0.25) is 0 Å². The van der Waals surface area contributed by atoms with Crippen LogP contribution >= 0.6 is 11.8 Å². The fraction of sp³-hybridized carbons (Fsp3) is 0.500. The van der Waals surface area contributed by atoms with E-state index in [1.54, 1.807) is 11.8 Å². The maximum atomic E-state index is 10.1. The number of aryl methyl sites for hydroxylation is 2. The number of aliphatic hydroxyl groups excluding tert-OH is 1. The highest BCUT2D eigenvalue weighted by Gasteiger charge is 2.24. The normalized spacial score (nSPS) is 20.7. The predicted octanol–water partition coefficient (Wildman–Crippen LogP) is 3.68. The first kappa shape index (κ1) is 14.6. The van der Waals surface area contributed by atoms with E-state index in [0.717, 1.165) is 11.3 Å². The van der Waals surface area contributed by atoms with Crippen molar-refractivity contribution in [2.24, 2.45) is 0 Å². The lowest BCUT2D eigenvalue weighted by Gasteiger charge is -2.18. The van der Waals surface area contributed by atoms with Crippen molar-refractivity contribution in [2.75, 3.05) is 0 Å². The van der Waals surface area contributed by atoms with E-state index in [2.05, 4.69) is 43.4 Å². The first-order valence-electron chi connectivity index (χ1n) is 6.84. The molecule has 0 aliphatic carbocycles. The van der Waals surface area contributed by atoms with E-state index in [1.165, 1.54) is 16.7 Å². The molecule has 0 aromatic heterocycles. The second-order valence-electron chi connectivity index (χ2n) is 5.59. The number of hydrogen-bond donors (Lipinski definition) is 2. The summed E-state index contributed by atoms with van der Waals surface area (Å²) in [6.45, 7) is 8.37. The van der Waals surface area contributed by atoms with Crippen LogP contribution < -0.4 is 5.32 Å². The number of nitrogens with one attached hydrogen (secondary N) is 1. The third-order valence-electron chi connectivity index (χ3n) is 3.19. The predicted molar refractivity (Wildman–Crippen MR) is 83.2 cm³/mol. The highest BCUT2D eigenvalue weighted by molar-refractivity contribution is 8.03. The Hall–Kier alpha value is -0.770. The Morgan fingerprint density at radius 1 is 1.21 bits per heavy atom. The van der Waals surface area contributed by atoms with Gasteiger partial charge in [-0.15, -0.1) is 11.8 Å². The molecule has 2 rings (SSSR count). The quantitative estimate of drug-likeness (QED) is 0.823. The number of rotatable bonds is 4. The zero-order valence-corrected chi connectivity index (χ0v) is 12.9. The Balaban J connectivity index is 2.04. The lowest BCUT2D eigenvalue weighted by atomic mass is 10.0. The Morgan fingerprint density at radius 2 is 1.84 bits per heavy atom. The zero-order valence-electron chi connectivity index (χ0n) is 12.1. The summed E-state index contributed by atoms with van der Waals surface area (Å²) in [5, 5.41) is 13.7. The summed E-state index contributed by atoms with van der Waals surface area (Å²) in [6, 6.07) is 7.00. The molecule has 2 atom stereocenters. The van der Waals surface area contributed by atoms with Crippen molar-refractivity contribution >= 4 is 11.8 Å². The maximum Gasteiger partial charge on any atom is 0.136 e. The number of hydrogen-bond acceptors (Lipinski definition) is 3. The summed E-state index contributed by atoms with van der Waals surface area (Å²) in [4.78, 5) is 1.05. The van der Waals surface area contributed by atoms with Crippen molar-refractivity contribution < 1.29 is 5.11 Å². The van der Waals surface area contributed by atoms with Crippen LogP contribution in [0.4, 0.5) is 0 Å². The first-order chi connectivity index (χ1) is 8.95. The Labute approximate surface area is 120 Å². The van der Waals surface area contributed by atoms with Crippen molar-refractivity contribution in [3.8, 4) is 0 Å². The molecule has 0 fully saturated rings. The Morgan fingerprint density at radius 3 is 2.42 bits per heavy atom. The first-order valence-corrected chi connectivity index (χ1v) is 7.72. The van der Waals surface area contributed by atoms with Crippen LogP contribution in [0.25, 0.3) is 0 Å². The van der Waals surface area contributed by atoms with Crippen molar-refractivity contribution in [2.45, 2.75) is 51.6 Å². The van der Waals surface area contributed by atoms with E-state index < -0.39 is 6.23 Å². The van der Waals surface area contributed by atoms with Gasteiger partial charge in [-0.25, -0.2) is 0 Å². The molecule has 19 heavy (non-hydrogen) atoms. The molecule has 1 heterocycles. The van der Waals surface area contributed by atoms with Gasteiger partial charge in [0.05, 0.1) is 0 Å². The Bertz CT molecular complexity index is 461. The van der Waals surface area contributed by atoms with Gasteiger partial charge in [-0.3, -0.25) is 5.32 Å². The van der Waals surface area contributed by atoms with Crippen LogP contribution in [-0.2, 0) is 0 Å². The fourth-order valence-corrected chi connectivity index (χ4v) is 3.64. The van der Waals surface area contributed by atoms with E-state index in [9.17, 15) is 5.11 Å². The SMILES string of the molecule is Cc1cc(C)cc(C2CC=C(C(O)NC(C)C)S2)c1. The zero-order chi connectivity index (χ0) is 14.0. The third-order valence-corrected chi connectivity index (χ3v) is 4.60. The monoisotopic (exact) mass is 277 g/mol. The van der Waals surface area contributed by atoms with E-state index in [4.69, 9.17) is 0 Å². The van der Waals surface area contributed by atoms with Crippen LogP contribution in [0.3, 0.4) is 0 Å². The highest BCUT2D eigenvalue weighted by atomic mass is 32.2. The molecule has 0 saturated heterocycles. The van der Waals surface area contributed by atoms with Gasteiger partial charge < -0.3 is 5.11 Å². The highest BCUT2D eigenvalue weighted by Crippen LogP contribution is 2.44. The van der Waals surface area contributed by atoms with Crippen molar-refractivity contribution in [3.05, 3.63) is 45.9 Å². The minimum Gasteiger partial charge on any atom is -0.374 e. The minimum atomic E-state index is -0.527. The van der Waals surface area contributed by atoms with Gasteiger partial charge in [-0.2, -0.15) is 0 Å². The molecule has 0 radical (unpaired) electrons. The lowest BCUT2D eigenvalue weighted by Crippen LogP contribution is -2.34. The average Bonchev–Trinajstić information content (AvgIpc) is 2.75. The molecule has 0 saturated carbocycles. The van der Waals surface area contributed by atoms with E-state index in [-0.39, 0.29) is 6.04 Å². The molecule has 0 spiro atoms. The third kappa shape index (κ3) is 3.85. The summed E-state index contributed by atoms with van der Waals surface area (Å²) in [5.74, 6) is 0. The summed E-state index contributed by atoms with van der Waals surface area (Å²) < 4.78 is 0. The molecule has 2 N–H and O–H groups in total. The van der Waals surface area contributed by atoms with Crippen LogP contribution in [0.15, 0.2) is 29.2 Å². The van der Waals surface area contributed by atoms with Crippen LogP contribution in [0.1, 0.15) is 42.2 Å². The fourth-order valence-electron chi connectivity index (χ4n) is 2.46. The topological polar surface area (TPSA) is 32.3 Å². The van der Waals surface area contributed by atoms with Crippen LogP contribution in [-0.4, -0.2) is 17.4 Å². The van der Waals surface area contributed by atoms with Gasteiger partial charge in [0.25, 0.3) is 0 Å². The molecule has 3 heteroatoms. The summed E-state index contributed by atoms with van der Waals surface area (Å²) in [5.41, 5.74) is 3.99. The maximum absolute atomic E-state index is 10.1. The lowest BCUT2D eigenvalue weighted by molar-refractivity contribution is 0.170. The van der Waals surface area contributed by atoms with Crippen LogP contribution in [0.2, 0.25) is 0 Å². The summed E-state index contributed by atoms with van der Waals surface area (Å²) >= 11 is 1.78. The summed E-state index contributed by atoms with van der Waals surface area (Å²) in [6.07, 6.45) is 2.63. The van der Waals surface area contributed by atoms with Gasteiger partial charge in [-0.1, -0.05) is 35.4 Å². The van der Waals surface area contributed by atoms with Crippen molar-refractivity contribution in [1.82, 2.24) is 5.32 Å². The molecule has 2 nitrogen and oxygen atoms in total. The smallest absolute Gasteiger partial charge is 0.136 e. The second-order valence-corrected chi connectivity index (χ2v) is 6.87. The second kappa shape index (κ2) is 6.12. The van der Waals surface area contributed by atoms with Crippen LogP contribution in [0.5, 0.6) is 0 Å². The summed E-state index contributed by atoms with van der Waals surface area (Å²) in [7, 11) is 0. The standard InChI is InChI=1S/C16H23NOS/c1-10(2)17-16(18)15-6-5-14(19-15)13-8-11(3)7-12(4)9-13/h6-10,14,16-18H,5H2,1-4H3. The van der Waals surface area contributed by atoms with Gasteiger partial charge in [0.15, 0.2) is 0 Å². The van der Waals surface area contributed by atoms with Crippen molar-refractivity contribution in [3.63, 3.8) is 0 Å². The number of benzene rings is 1. The molecule has 0 bridgehead atoms. The minimum absolute atomic E-state index is 0.289. The molecule has 2 unspecified atom stereocenters. The van der Waals surface area contributed by atoms with Gasteiger partial charge in [0, 0.05) is 16.2 Å².